The van der Waals surface area contributed by atoms with Crippen molar-refractivity contribution in [3.05, 3.63) is 22.6 Å². The van der Waals surface area contributed by atoms with E-state index in [1.807, 2.05) is 0 Å². The largest absolute Gasteiger partial charge is 0.444 e. The number of furan rings is 1. The molecule has 1 atom stereocenters. The molecule has 1 saturated heterocycles. The van der Waals surface area contributed by atoms with Crippen molar-refractivity contribution in [2.45, 2.75) is 18.9 Å². The van der Waals surface area contributed by atoms with Gasteiger partial charge in [-0.3, -0.25) is 4.79 Å². The van der Waals surface area contributed by atoms with Crippen molar-refractivity contribution in [2.75, 3.05) is 18.6 Å². The molecule has 1 aliphatic heterocycles. The molecule has 2 heterocycles. The molecule has 1 aromatic rings. The van der Waals surface area contributed by atoms with E-state index in [4.69, 9.17) is 4.42 Å². The molecule has 0 unspecified atom stereocenters. The van der Waals surface area contributed by atoms with Crippen LogP contribution in [0.5, 0.6) is 0 Å². The lowest BCUT2D eigenvalue weighted by atomic mass is 10.00. The second-order valence-electron chi connectivity index (χ2n) is 4.81. The number of halogens is 1. The molecular weight excluding hydrogens is 322 g/mol. The fourth-order valence-corrected chi connectivity index (χ4v) is 4.58. The van der Waals surface area contributed by atoms with Gasteiger partial charge in [0.1, 0.15) is 0 Å². The molecule has 0 N–H and O–H groups in total. The van der Waals surface area contributed by atoms with Crippen molar-refractivity contribution in [1.29, 1.82) is 0 Å². The van der Waals surface area contributed by atoms with Crippen LogP contribution in [0.15, 0.2) is 21.2 Å². The lowest BCUT2D eigenvalue weighted by molar-refractivity contribution is 0.0604. The lowest BCUT2D eigenvalue weighted by Gasteiger charge is -2.33. The van der Waals surface area contributed by atoms with E-state index in [1.54, 1.807) is 26.1 Å². The van der Waals surface area contributed by atoms with Gasteiger partial charge < -0.3 is 9.32 Å². The number of nitrogens with zero attached hydrogens (tertiary/aromatic N) is 1. The first-order chi connectivity index (χ1) is 8.23. The Morgan fingerprint density at radius 3 is 2.61 bits per heavy atom. The molecule has 1 aromatic heterocycles. The van der Waals surface area contributed by atoms with Crippen LogP contribution in [0.1, 0.15) is 23.9 Å². The highest BCUT2D eigenvalue weighted by atomic mass is 79.9. The maximum atomic E-state index is 12.2. The maximum Gasteiger partial charge on any atom is 0.289 e. The number of hydrogen-bond acceptors (Lipinski definition) is 4. The van der Waals surface area contributed by atoms with Gasteiger partial charge in [-0.2, -0.15) is 0 Å². The van der Waals surface area contributed by atoms with Crippen LogP contribution < -0.4 is 0 Å². The number of rotatable bonds is 2. The van der Waals surface area contributed by atoms with E-state index in [1.165, 1.54) is 4.90 Å². The molecule has 0 aromatic carbocycles. The quantitative estimate of drug-likeness (QED) is 0.824. The molecule has 7 heteroatoms. The maximum absolute atomic E-state index is 12.2. The zero-order valence-electron chi connectivity index (χ0n) is 10.1. The minimum Gasteiger partial charge on any atom is -0.444 e. The topological polar surface area (TPSA) is 67.6 Å². The fourth-order valence-electron chi connectivity index (χ4n) is 2.10. The smallest absolute Gasteiger partial charge is 0.289 e. The summed E-state index contributed by atoms with van der Waals surface area (Å²) in [5.41, 5.74) is -0.658. The Kier molecular flexibility index (Phi) is 3.31. The van der Waals surface area contributed by atoms with E-state index in [9.17, 15) is 13.2 Å². The highest BCUT2D eigenvalue weighted by Gasteiger charge is 2.43. The van der Waals surface area contributed by atoms with Gasteiger partial charge in [-0.25, -0.2) is 8.42 Å². The highest BCUT2D eigenvalue weighted by Crippen LogP contribution is 2.30. The van der Waals surface area contributed by atoms with E-state index in [-0.39, 0.29) is 23.2 Å². The number of hydrogen-bond donors (Lipinski definition) is 0. The average molecular weight is 336 g/mol. The van der Waals surface area contributed by atoms with E-state index >= 15 is 0 Å². The molecule has 0 saturated carbocycles. The van der Waals surface area contributed by atoms with E-state index < -0.39 is 15.4 Å². The SMILES string of the molecule is CN(C(=O)c1ccc(Br)o1)[C@@]1(C)CCS(=O)(=O)C1. The predicted octanol–water partition coefficient (Wildman–Crippen LogP) is 1.69. The van der Waals surface area contributed by atoms with Gasteiger partial charge in [-0.15, -0.1) is 0 Å². The number of sulfone groups is 1. The third-order valence-electron chi connectivity index (χ3n) is 3.38. The number of carbonyl (C=O) groups is 1. The van der Waals surface area contributed by atoms with Crippen LogP contribution in [0.2, 0.25) is 0 Å². The molecule has 0 aliphatic carbocycles. The summed E-state index contributed by atoms with van der Waals surface area (Å²) < 4.78 is 28.8. The summed E-state index contributed by atoms with van der Waals surface area (Å²) in [4.78, 5) is 13.6. The highest BCUT2D eigenvalue weighted by molar-refractivity contribution is 9.10. The third kappa shape index (κ3) is 2.47. The van der Waals surface area contributed by atoms with Crippen LogP contribution in [-0.2, 0) is 9.84 Å². The van der Waals surface area contributed by atoms with E-state index in [0.717, 1.165) is 0 Å². The first-order valence-electron chi connectivity index (χ1n) is 5.47. The van der Waals surface area contributed by atoms with E-state index in [2.05, 4.69) is 15.9 Å². The normalized spacial score (nSPS) is 26.2. The van der Waals surface area contributed by atoms with Gasteiger partial charge in [0.05, 0.1) is 17.0 Å². The van der Waals surface area contributed by atoms with Gasteiger partial charge in [-0.1, -0.05) is 0 Å². The van der Waals surface area contributed by atoms with Crippen molar-refractivity contribution in [1.82, 2.24) is 4.90 Å². The Labute approximate surface area is 114 Å². The van der Waals surface area contributed by atoms with Crippen molar-refractivity contribution in [3.63, 3.8) is 0 Å². The molecule has 2 rings (SSSR count). The van der Waals surface area contributed by atoms with Gasteiger partial charge in [0.15, 0.2) is 20.3 Å². The summed E-state index contributed by atoms with van der Waals surface area (Å²) in [5, 5.41) is 0. The first kappa shape index (κ1) is 13.6. The van der Waals surface area contributed by atoms with Crippen LogP contribution in [0.3, 0.4) is 0 Å². The predicted molar refractivity (Wildman–Crippen MR) is 70.2 cm³/mol. The first-order valence-corrected chi connectivity index (χ1v) is 8.09. The summed E-state index contributed by atoms with van der Waals surface area (Å²) >= 11 is 3.13. The monoisotopic (exact) mass is 335 g/mol. The van der Waals surface area contributed by atoms with Crippen LogP contribution >= 0.6 is 15.9 Å². The Balaban J connectivity index is 2.22. The van der Waals surface area contributed by atoms with Crippen LogP contribution in [0.4, 0.5) is 0 Å². The molecule has 100 valence electrons. The van der Waals surface area contributed by atoms with Gasteiger partial charge in [0.2, 0.25) is 0 Å². The number of carbonyl (C=O) groups excluding carboxylic acids is 1. The lowest BCUT2D eigenvalue weighted by Crippen LogP contribution is -2.48. The summed E-state index contributed by atoms with van der Waals surface area (Å²) in [6.07, 6.45) is 0.458. The second kappa shape index (κ2) is 4.38. The average Bonchev–Trinajstić information content (AvgIpc) is 2.81. The summed E-state index contributed by atoms with van der Waals surface area (Å²) in [6, 6.07) is 3.20. The van der Waals surface area contributed by atoms with Crippen molar-refractivity contribution in [2.24, 2.45) is 0 Å². The van der Waals surface area contributed by atoms with Crippen LogP contribution in [0.25, 0.3) is 0 Å². The minimum atomic E-state index is -3.04. The van der Waals surface area contributed by atoms with Gasteiger partial charge in [0.25, 0.3) is 5.91 Å². The Morgan fingerprint density at radius 1 is 1.50 bits per heavy atom. The standard InChI is InChI=1S/C11H14BrNO4S/c1-11(5-6-18(15,16)7-11)13(2)10(14)8-3-4-9(12)17-8/h3-4H,5-7H2,1-2H3/t11-/m0/s1. The van der Waals surface area contributed by atoms with Gasteiger partial charge in [0, 0.05) is 7.05 Å². The van der Waals surface area contributed by atoms with Crippen molar-refractivity contribution in [3.8, 4) is 0 Å². The molecule has 1 amide bonds. The van der Waals surface area contributed by atoms with Crippen LogP contribution in [0, 0.1) is 0 Å². The summed E-state index contributed by atoms with van der Waals surface area (Å²) in [5.74, 6) is 0.0304. The molecule has 1 fully saturated rings. The number of amides is 1. The second-order valence-corrected chi connectivity index (χ2v) is 7.77. The third-order valence-corrected chi connectivity index (χ3v) is 5.69. The Morgan fingerprint density at radius 2 is 2.17 bits per heavy atom. The summed E-state index contributed by atoms with van der Waals surface area (Å²) in [7, 11) is -1.43. The van der Waals surface area contributed by atoms with Gasteiger partial charge in [-0.05, 0) is 41.4 Å². The van der Waals surface area contributed by atoms with Crippen molar-refractivity contribution < 1.29 is 17.6 Å². The van der Waals surface area contributed by atoms with E-state index in [0.29, 0.717) is 11.1 Å². The molecule has 0 radical (unpaired) electrons. The zero-order valence-corrected chi connectivity index (χ0v) is 12.5. The Hall–Kier alpha value is -0.820. The molecule has 1 aliphatic rings. The van der Waals surface area contributed by atoms with Gasteiger partial charge >= 0.3 is 0 Å². The molecule has 0 bridgehead atoms. The molecule has 0 spiro atoms. The molecule has 18 heavy (non-hydrogen) atoms. The molecule has 5 nitrogen and oxygen atoms in total. The van der Waals surface area contributed by atoms with Crippen LogP contribution in [-0.4, -0.2) is 43.3 Å². The zero-order chi connectivity index (χ0) is 13.6. The Bertz CT molecular complexity index is 580. The summed E-state index contributed by atoms with van der Waals surface area (Å²) in [6.45, 7) is 1.79. The minimum absolute atomic E-state index is 0.00409. The fraction of sp³-hybridized carbons (Fsp3) is 0.545. The molecular formula is C11H14BrNO4S. The van der Waals surface area contributed by atoms with Crippen molar-refractivity contribution >= 4 is 31.7 Å².